The van der Waals surface area contributed by atoms with E-state index in [2.05, 4.69) is 0 Å². The third-order valence-corrected chi connectivity index (χ3v) is 3.79. The number of aliphatic hydroxyl groups excluding tert-OH is 1. The van der Waals surface area contributed by atoms with Gasteiger partial charge in [0.1, 0.15) is 18.4 Å². The molecule has 1 fully saturated rings. The van der Waals surface area contributed by atoms with Crippen molar-refractivity contribution in [2.45, 2.75) is 39.0 Å². The van der Waals surface area contributed by atoms with Gasteiger partial charge < -0.3 is 14.9 Å². The summed E-state index contributed by atoms with van der Waals surface area (Å²) in [7, 11) is 0. The third kappa shape index (κ3) is 4.21. The summed E-state index contributed by atoms with van der Waals surface area (Å²) in [6.07, 6.45) is -1.79. The van der Waals surface area contributed by atoms with Crippen LogP contribution in [0.25, 0.3) is 0 Å². The van der Waals surface area contributed by atoms with Crippen molar-refractivity contribution in [3.63, 3.8) is 0 Å². The number of benzene rings is 1. The minimum atomic E-state index is -1.30. The van der Waals surface area contributed by atoms with Crippen molar-refractivity contribution >= 4 is 12.0 Å². The third-order valence-electron chi connectivity index (χ3n) is 3.79. The molecule has 1 aromatic carbocycles. The predicted octanol–water partition coefficient (Wildman–Crippen LogP) is 1.86. The summed E-state index contributed by atoms with van der Waals surface area (Å²) in [5, 5.41) is 21.9. The van der Waals surface area contributed by atoms with E-state index >= 15 is 0 Å². The molecule has 0 bridgehead atoms. The molecule has 2 rings (SSSR count). The van der Waals surface area contributed by atoms with E-state index in [9.17, 15) is 19.8 Å². The highest BCUT2D eigenvalue weighted by molar-refractivity contribution is 5.71. The van der Waals surface area contributed by atoms with Gasteiger partial charge >= 0.3 is 6.09 Å². The Kier molecular flexibility index (Phi) is 6.11. The smallest absolute Gasteiger partial charge is 0.427 e. The number of aliphatic hydroxyl groups is 1. The number of hydrogen-bond acceptors (Lipinski definition) is 5. The van der Waals surface area contributed by atoms with Crippen molar-refractivity contribution in [3.05, 3.63) is 41.6 Å². The average molecular weight is 334 g/mol. The monoisotopic (exact) mass is 334 g/mol. The normalized spacial score (nSPS) is 20.8. The number of hydrogen-bond donors (Lipinski definition) is 2. The fourth-order valence-electron chi connectivity index (χ4n) is 2.71. The van der Waals surface area contributed by atoms with Gasteiger partial charge in [0.25, 0.3) is 0 Å². The van der Waals surface area contributed by atoms with Gasteiger partial charge in [-0.2, -0.15) is 10.0 Å². The zero-order valence-corrected chi connectivity index (χ0v) is 13.8. The number of hydrazine groups is 1. The van der Waals surface area contributed by atoms with Gasteiger partial charge in [-0.1, -0.05) is 44.2 Å². The van der Waals surface area contributed by atoms with Crippen LogP contribution in [-0.2, 0) is 16.0 Å². The summed E-state index contributed by atoms with van der Waals surface area (Å²) in [5.74, 6) is 1.81. The van der Waals surface area contributed by atoms with Gasteiger partial charge in [0.15, 0.2) is 6.29 Å². The Bertz CT molecular complexity index is 613. The lowest BCUT2D eigenvalue weighted by atomic mass is 10.1. The molecule has 1 aliphatic heterocycles. The largest absolute Gasteiger partial charge is 0.464 e. The molecule has 0 spiro atoms. The molecule has 2 atom stereocenters. The van der Waals surface area contributed by atoms with Crippen molar-refractivity contribution in [1.29, 1.82) is 0 Å². The number of amides is 1. The molecule has 7 heteroatoms. The molecular weight excluding hydrogens is 312 g/mol. The Morgan fingerprint density at radius 1 is 1.42 bits per heavy atom. The predicted molar refractivity (Wildman–Crippen MR) is 86.3 cm³/mol. The molecule has 2 N–H and O–H groups in total. The molecule has 24 heavy (non-hydrogen) atoms. The summed E-state index contributed by atoms with van der Waals surface area (Å²) >= 11 is 0. The maximum atomic E-state index is 11.7. The average Bonchev–Trinajstić information content (AvgIpc) is 2.88. The highest BCUT2D eigenvalue weighted by atomic mass is 16.6. The van der Waals surface area contributed by atoms with E-state index in [4.69, 9.17) is 4.74 Å². The SMILES string of the molecule is CC(C)CC(=C=O)N(C(=O)O)N1COC(O)C1Cc1ccccc1. The highest BCUT2D eigenvalue weighted by Gasteiger charge is 2.41. The second-order valence-corrected chi connectivity index (χ2v) is 6.12. The zero-order valence-electron chi connectivity index (χ0n) is 13.8. The van der Waals surface area contributed by atoms with Crippen molar-refractivity contribution < 1.29 is 24.5 Å². The molecule has 1 saturated heterocycles. The maximum absolute atomic E-state index is 11.7. The second kappa shape index (κ2) is 8.08. The van der Waals surface area contributed by atoms with E-state index < -0.39 is 18.4 Å². The Hall–Kier alpha value is -2.18. The van der Waals surface area contributed by atoms with Crippen LogP contribution in [0.3, 0.4) is 0 Å². The quantitative estimate of drug-likeness (QED) is 0.772. The van der Waals surface area contributed by atoms with Gasteiger partial charge in [0, 0.05) is 6.42 Å². The number of carbonyl (C=O) groups is 1. The summed E-state index contributed by atoms with van der Waals surface area (Å²) in [6.45, 7) is 3.65. The number of carboxylic acid groups (broad SMARTS) is 1. The van der Waals surface area contributed by atoms with Crippen LogP contribution < -0.4 is 0 Å². The highest BCUT2D eigenvalue weighted by Crippen LogP contribution is 2.26. The molecule has 2 unspecified atom stereocenters. The first-order valence-electron chi connectivity index (χ1n) is 7.81. The summed E-state index contributed by atoms with van der Waals surface area (Å²) in [5.41, 5.74) is 0.941. The standard InChI is InChI=1S/C17H22N2O5/c1-12(2)8-14(10-20)19(17(22)23)18-11-24-16(21)15(18)9-13-6-4-3-5-7-13/h3-7,12,15-16,21H,8-9,11H2,1-2H3,(H,22,23). The number of nitrogens with zero attached hydrogens (tertiary/aromatic N) is 2. The number of carbonyl (C=O) groups excluding carboxylic acids is 1. The van der Waals surface area contributed by atoms with Crippen LogP contribution in [0, 0.1) is 5.92 Å². The molecule has 0 radical (unpaired) electrons. The molecule has 7 nitrogen and oxygen atoms in total. The molecule has 1 heterocycles. The number of ether oxygens (including phenoxy) is 1. The Labute approximate surface area is 140 Å². The maximum Gasteiger partial charge on any atom is 0.427 e. The minimum Gasteiger partial charge on any atom is -0.464 e. The molecule has 0 aliphatic carbocycles. The molecule has 130 valence electrons. The van der Waals surface area contributed by atoms with Crippen molar-refractivity contribution in [3.8, 4) is 0 Å². The van der Waals surface area contributed by atoms with E-state index in [1.807, 2.05) is 44.2 Å². The second-order valence-electron chi connectivity index (χ2n) is 6.12. The fourth-order valence-corrected chi connectivity index (χ4v) is 2.71. The topological polar surface area (TPSA) is 90.3 Å². The van der Waals surface area contributed by atoms with Gasteiger partial charge in [-0.05, 0) is 17.9 Å². The zero-order chi connectivity index (χ0) is 17.7. The van der Waals surface area contributed by atoms with Crippen molar-refractivity contribution in [2.75, 3.05) is 6.73 Å². The van der Waals surface area contributed by atoms with Gasteiger partial charge in [-0.25, -0.2) is 9.59 Å². The molecule has 1 aromatic rings. The van der Waals surface area contributed by atoms with E-state index in [-0.39, 0.29) is 24.8 Å². The Morgan fingerprint density at radius 3 is 2.62 bits per heavy atom. The van der Waals surface area contributed by atoms with Crippen LogP contribution in [0.4, 0.5) is 4.79 Å². The first-order chi connectivity index (χ1) is 11.4. The van der Waals surface area contributed by atoms with E-state index in [1.54, 1.807) is 5.94 Å². The van der Waals surface area contributed by atoms with Crippen molar-refractivity contribution in [2.24, 2.45) is 5.92 Å². The number of rotatable bonds is 6. The van der Waals surface area contributed by atoms with Crippen LogP contribution >= 0.6 is 0 Å². The fraction of sp³-hybridized carbons (Fsp3) is 0.471. The summed E-state index contributed by atoms with van der Waals surface area (Å²) < 4.78 is 5.21. The first-order valence-corrected chi connectivity index (χ1v) is 7.81. The van der Waals surface area contributed by atoms with E-state index in [0.717, 1.165) is 10.6 Å². The van der Waals surface area contributed by atoms with Gasteiger partial charge in [0.05, 0.1) is 6.04 Å². The Morgan fingerprint density at radius 2 is 2.08 bits per heavy atom. The van der Waals surface area contributed by atoms with Crippen LogP contribution in [0.2, 0.25) is 0 Å². The Balaban J connectivity index is 2.27. The van der Waals surface area contributed by atoms with Crippen LogP contribution in [-0.4, -0.2) is 51.3 Å². The van der Waals surface area contributed by atoms with Crippen LogP contribution in [0.15, 0.2) is 36.0 Å². The first kappa shape index (κ1) is 18.2. The van der Waals surface area contributed by atoms with Gasteiger partial charge in [0.2, 0.25) is 0 Å². The number of allylic oxidation sites excluding steroid dienone is 1. The molecule has 1 amide bonds. The van der Waals surface area contributed by atoms with Crippen molar-refractivity contribution in [1.82, 2.24) is 10.0 Å². The van der Waals surface area contributed by atoms with E-state index in [0.29, 0.717) is 6.42 Å². The summed E-state index contributed by atoms with van der Waals surface area (Å²) in [6, 6.07) is 8.78. The molecular formula is C17H22N2O5. The van der Waals surface area contributed by atoms with Gasteiger partial charge in [-0.15, -0.1) is 0 Å². The summed E-state index contributed by atoms with van der Waals surface area (Å²) in [4.78, 5) is 23.0. The molecule has 0 saturated carbocycles. The minimum absolute atomic E-state index is 0.00765. The molecule has 0 aromatic heterocycles. The lowest BCUT2D eigenvalue weighted by molar-refractivity contribution is -0.0676. The lowest BCUT2D eigenvalue weighted by Gasteiger charge is -2.33. The van der Waals surface area contributed by atoms with Crippen LogP contribution in [0.5, 0.6) is 0 Å². The van der Waals surface area contributed by atoms with Crippen LogP contribution in [0.1, 0.15) is 25.8 Å². The molecule has 1 aliphatic rings. The van der Waals surface area contributed by atoms with Gasteiger partial charge in [-0.3, -0.25) is 0 Å². The van der Waals surface area contributed by atoms with E-state index in [1.165, 1.54) is 5.01 Å². The lowest BCUT2D eigenvalue weighted by Crippen LogP contribution is -2.50.